The Balaban J connectivity index is 1.54. The molecule has 8 nitrogen and oxygen atoms in total. The van der Waals surface area contributed by atoms with E-state index in [1.807, 2.05) is 24.3 Å². The summed E-state index contributed by atoms with van der Waals surface area (Å²) in [5, 5.41) is 8.47. The molecule has 43 heavy (non-hydrogen) atoms. The van der Waals surface area contributed by atoms with E-state index in [2.05, 4.69) is 45.0 Å². The summed E-state index contributed by atoms with van der Waals surface area (Å²) in [6.07, 6.45) is 8.11. The number of nitrogens with zero attached hydrogens (tertiary/aromatic N) is 2. The second-order valence-electron chi connectivity index (χ2n) is 13.8. The van der Waals surface area contributed by atoms with Gasteiger partial charge in [-0.25, -0.2) is 17.5 Å². The van der Waals surface area contributed by atoms with E-state index in [9.17, 15) is 12.8 Å². The maximum Gasteiger partial charge on any atom is 0.241 e. The van der Waals surface area contributed by atoms with E-state index in [1.54, 1.807) is 18.6 Å². The summed E-state index contributed by atoms with van der Waals surface area (Å²) < 4.78 is 51.4. The molecule has 0 radical (unpaired) electrons. The lowest BCUT2D eigenvalue weighted by Crippen LogP contribution is -2.54. The molecule has 2 aliphatic carbocycles. The Morgan fingerprint density at radius 2 is 1.98 bits per heavy atom. The molecule has 0 bridgehead atoms. The molecule has 232 valence electrons. The second kappa shape index (κ2) is 12.1. The maximum absolute atomic E-state index is 14.5. The van der Waals surface area contributed by atoms with Gasteiger partial charge in [0.2, 0.25) is 10.0 Å². The second-order valence-corrected chi connectivity index (χ2v) is 21.5. The number of sulfonamides is 1. The third-order valence-corrected chi connectivity index (χ3v) is 11.3. The van der Waals surface area contributed by atoms with Gasteiger partial charge in [0.25, 0.3) is 0 Å². The molecule has 3 N–H and O–H groups in total. The van der Waals surface area contributed by atoms with E-state index in [0.29, 0.717) is 48.0 Å². The van der Waals surface area contributed by atoms with Crippen LogP contribution < -0.4 is 15.4 Å². The van der Waals surface area contributed by atoms with Crippen molar-refractivity contribution < 1.29 is 17.5 Å². The maximum atomic E-state index is 14.5. The summed E-state index contributed by atoms with van der Waals surface area (Å²) in [5.74, 6) is 0.349. The molecule has 0 amide bonds. The van der Waals surface area contributed by atoms with Crippen molar-refractivity contribution in [3.63, 3.8) is 0 Å². The number of alkyl halides is 1. The molecule has 5 rings (SSSR count). The van der Waals surface area contributed by atoms with Gasteiger partial charge in [0.15, 0.2) is 5.11 Å². The Morgan fingerprint density at radius 1 is 1.21 bits per heavy atom. The molecule has 1 fully saturated rings. The van der Waals surface area contributed by atoms with Crippen molar-refractivity contribution in [2.24, 2.45) is 0 Å². The van der Waals surface area contributed by atoms with Crippen LogP contribution in [0.25, 0.3) is 10.8 Å². The van der Waals surface area contributed by atoms with Crippen LogP contribution in [0.2, 0.25) is 25.7 Å². The van der Waals surface area contributed by atoms with Crippen molar-refractivity contribution in [3.8, 4) is 0 Å². The number of aromatic nitrogens is 2. The van der Waals surface area contributed by atoms with Gasteiger partial charge in [0.1, 0.15) is 5.67 Å². The molecular weight excluding hydrogens is 602 g/mol. The first-order chi connectivity index (χ1) is 20.1. The molecule has 0 saturated heterocycles. The fourth-order valence-electron chi connectivity index (χ4n) is 5.45. The molecule has 0 aliphatic heterocycles. The predicted molar refractivity (Wildman–Crippen MR) is 177 cm³/mol. The van der Waals surface area contributed by atoms with Gasteiger partial charge in [-0.05, 0) is 93.2 Å². The van der Waals surface area contributed by atoms with Crippen molar-refractivity contribution in [3.05, 3.63) is 59.7 Å². The van der Waals surface area contributed by atoms with Crippen LogP contribution in [0.4, 0.5) is 10.1 Å². The zero-order chi connectivity index (χ0) is 31.0. The number of fused-ring (bicyclic) bond motifs is 2. The summed E-state index contributed by atoms with van der Waals surface area (Å²) in [5.41, 5.74) is 0.835. The van der Waals surface area contributed by atoms with Crippen LogP contribution in [0.3, 0.4) is 0 Å². The number of rotatable bonds is 12. The summed E-state index contributed by atoms with van der Waals surface area (Å²) in [7, 11) is -5.40. The lowest BCUT2D eigenvalue weighted by Gasteiger charge is -2.32. The highest BCUT2D eigenvalue weighted by Gasteiger charge is 2.42. The molecule has 1 saturated carbocycles. The van der Waals surface area contributed by atoms with Crippen LogP contribution in [0.5, 0.6) is 0 Å². The van der Waals surface area contributed by atoms with Crippen molar-refractivity contribution in [2.45, 2.75) is 87.2 Å². The third-order valence-electron chi connectivity index (χ3n) is 7.86. The first kappa shape index (κ1) is 31.9. The minimum absolute atomic E-state index is 0.200. The van der Waals surface area contributed by atoms with E-state index in [1.165, 1.54) is 13.8 Å². The number of ether oxygens (including phenoxy) is 1. The Kier molecular flexibility index (Phi) is 8.99. The predicted octanol–water partition coefficient (Wildman–Crippen LogP) is 5.71. The van der Waals surface area contributed by atoms with Crippen molar-refractivity contribution in [2.75, 3.05) is 25.1 Å². The molecule has 2 aromatic heterocycles. The Hall–Kier alpha value is -2.51. The minimum atomic E-state index is -4.08. The average molecular weight is 644 g/mol. The van der Waals surface area contributed by atoms with Gasteiger partial charge in [0.05, 0.1) is 28.9 Å². The van der Waals surface area contributed by atoms with Gasteiger partial charge >= 0.3 is 0 Å². The molecule has 2 heterocycles. The van der Waals surface area contributed by atoms with Crippen LogP contribution >= 0.6 is 12.2 Å². The van der Waals surface area contributed by atoms with E-state index < -0.39 is 29.3 Å². The number of halogens is 1. The van der Waals surface area contributed by atoms with E-state index in [4.69, 9.17) is 17.0 Å². The normalized spacial score (nSPS) is 18.9. The van der Waals surface area contributed by atoms with Crippen LogP contribution in [-0.2, 0) is 27.6 Å². The van der Waals surface area contributed by atoms with Gasteiger partial charge < -0.3 is 15.4 Å². The molecule has 0 spiro atoms. The fourth-order valence-corrected chi connectivity index (χ4v) is 8.22. The van der Waals surface area contributed by atoms with Crippen LogP contribution in [0.15, 0.2) is 47.8 Å². The molecule has 1 unspecified atom stereocenters. The number of nitrogens with one attached hydrogen (secondary N) is 3. The Morgan fingerprint density at radius 3 is 2.63 bits per heavy atom. The quantitative estimate of drug-likeness (QED) is 0.131. The number of pyridine rings is 2. The lowest BCUT2D eigenvalue weighted by molar-refractivity contribution is 0.0890. The molecule has 1 atom stereocenters. The van der Waals surface area contributed by atoms with Crippen LogP contribution in [-0.4, -0.2) is 62.5 Å². The number of thiocarbonyl (C=S) groups is 1. The number of benzene rings is 1. The number of hydrogen-bond acceptors (Lipinski definition) is 6. The van der Waals surface area contributed by atoms with Crippen molar-refractivity contribution in [1.29, 1.82) is 0 Å². The molecule has 12 heteroatoms. The topological polar surface area (TPSA) is 105 Å². The average Bonchev–Trinajstić information content (AvgIpc) is 3.70. The smallest absolute Gasteiger partial charge is 0.241 e. The highest BCUT2D eigenvalue weighted by Crippen LogP contribution is 2.43. The van der Waals surface area contributed by atoms with Crippen LogP contribution in [0.1, 0.15) is 49.4 Å². The first-order valence-electron chi connectivity index (χ1n) is 14.8. The van der Waals surface area contributed by atoms with Crippen LogP contribution in [0, 0.1) is 0 Å². The summed E-state index contributed by atoms with van der Waals surface area (Å²) >= 11 is 5.74. The molecule has 2 aliphatic rings. The fraction of sp³-hybridized carbons (Fsp3) is 0.516. The summed E-state index contributed by atoms with van der Waals surface area (Å²) in [4.78, 5) is 9.02. The van der Waals surface area contributed by atoms with E-state index >= 15 is 0 Å². The highest BCUT2D eigenvalue weighted by atomic mass is 32.2. The zero-order valence-corrected chi connectivity index (χ0v) is 28.2. The molecular formula is C31H42FN5O3S2Si. The zero-order valence-electron chi connectivity index (χ0n) is 25.6. The van der Waals surface area contributed by atoms with Crippen molar-refractivity contribution >= 4 is 51.9 Å². The summed E-state index contributed by atoms with van der Waals surface area (Å²) in [6.45, 7) is 10.3. The third kappa shape index (κ3) is 8.16. The van der Waals surface area contributed by atoms with E-state index in [-0.39, 0.29) is 11.4 Å². The van der Waals surface area contributed by atoms with Gasteiger partial charge in [-0.2, -0.15) is 0 Å². The van der Waals surface area contributed by atoms with Gasteiger partial charge in [-0.3, -0.25) is 9.97 Å². The molecule has 1 aromatic carbocycles. The Bertz CT molecular complexity index is 1610. The molecule has 3 aromatic rings. The highest BCUT2D eigenvalue weighted by molar-refractivity contribution is 7.89. The monoisotopic (exact) mass is 643 g/mol. The summed E-state index contributed by atoms with van der Waals surface area (Å²) in [6, 6.07) is 8.66. The lowest BCUT2D eigenvalue weighted by atomic mass is 9.97. The number of anilines is 1. The Labute approximate surface area is 260 Å². The first-order valence-corrected chi connectivity index (χ1v) is 20.4. The standard InChI is InChI=1S/C31H42FN5O3S2Si/c1-30(2,32)19-35-42(38,39)28-25-14-27(21-8-9-21)34-17-23(25)13-22-15-31(16-26(22)28,20-40-11-12-43(3,4)5)37-29(41)36-24-7-6-10-33-18-24/h6-7,10,13-14,17-18,21,35H,8-9,11-12,15-16,19-20H2,1-5H3,(H2,36,37,41). The van der Waals surface area contributed by atoms with Crippen molar-refractivity contribution in [1.82, 2.24) is 20.0 Å². The largest absolute Gasteiger partial charge is 0.379 e. The van der Waals surface area contributed by atoms with Gasteiger partial charge in [-0.15, -0.1) is 0 Å². The number of hydrogen-bond donors (Lipinski definition) is 3. The minimum Gasteiger partial charge on any atom is -0.379 e. The SMILES string of the molecule is CC(C)(F)CNS(=O)(=O)c1c2c(cc3cnc(C4CC4)cc13)CC(COCC[Si](C)(C)C)(NC(=S)Nc1cccnc1)C2. The van der Waals surface area contributed by atoms with Gasteiger partial charge in [-0.1, -0.05) is 19.6 Å². The van der Waals surface area contributed by atoms with E-state index in [0.717, 1.165) is 41.2 Å². The van der Waals surface area contributed by atoms with Gasteiger partial charge in [0, 0.05) is 56.0 Å².